The molecule has 1 amide bonds. The Bertz CT molecular complexity index is 1160. The van der Waals surface area contributed by atoms with E-state index in [1.54, 1.807) is 17.6 Å². The van der Waals surface area contributed by atoms with Crippen LogP contribution < -0.4 is 5.32 Å². The summed E-state index contributed by atoms with van der Waals surface area (Å²) in [5.74, 6) is -2.39. The van der Waals surface area contributed by atoms with Crippen LogP contribution in [0.15, 0.2) is 30.5 Å². The fourth-order valence-electron chi connectivity index (χ4n) is 3.32. The fourth-order valence-corrected chi connectivity index (χ4v) is 4.35. The van der Waals surface area contributed by atoms with Gasteiger partial charge in [-0.1, -0.05) is 42.9 Å². The summed E-state index contributed by atoms with van der Waals surface area (Å²) >= 11 is 7.21. The molecule has 6 nitrogen and oxygen atoms in total. The summed E-state index contributed by atoms with van der Waals surface area (Å²) < 4.78 is 33.9. The van der Waals surface area contributed by atoms with Gasteiger partial charge in [0.2, 0.25) is 0 Å². The van der Waals surface area contributed by atoms with Crippen LogP contribution in [0.4, 0.5) is 13.9 Å². The average Bonchev–Trinajstić information content (AvgIpc) is 3.27. The lowest BCUT2D eigenvalue weighted by molar-refractivity contribution is -0.142. The molecule has 0 aliphatic heterocycles. The molecule has 0 spiro atoms. The number of halogens is 3. The Morgan fingerprint density at radius 2 is 1.97 bits per heavy atom. The maximum Gasteiger partial charge on any atom is 0.311 e. The zero-order valence-electron chi connectivity index (χ0n) is 18.5. The summed E-state index contributed by atoms with van der Waals surface area (Å²) in [7, 11) is 0. The third-order valence-corrected chi connectivity index (χ3v) is 5.91. The van der Waals surface area contributed by atoms with Gasteiger partial charge >= 0.3 is 5.97 Å². The smallest absolute Gasteiger partial charge is 0.311 e. The molecule has 0 atom stereocenters. The van der Waals surface area contributed by atoms with Crippen LogP contribution in [0.25, 0.3) is 0 Å². The number of nitrogens with one attached hydrogen (secondary N) is 1. The van der Waals surface area contributed by atoms with Gasteiger partial charge in [0, 0.05) is 12.7 Å². The zero-order valence-corrected chi connectivity index (χ0v) is 20.0. The van der Waals surface area contributed by atoms with E-state index in [0.717, 1.165) is 35.5 Å². The van der Waals surface area contributed by atoms with E-state index in [4.69, 9.17) is 16.3 Å². The number of hydrogen-bond donors (Lipinski definition) is 1. The van der Waals surface area contributed by atoms with Gasteiger partial charge in [-0.25, -0.2) is 13.8 Å². The highest BCUT2D eigenvalue weighted by Crippen LogP contribution is 2.29. The maximum atomic E-state index is 13.7. The first-order valence-corrected chi connectivity index (χ1v) is 11.6. The van der Waals surface area contributed by atoms with E-state index < -0.39 is 23.5 Å². The number of anilines is 1. The Morgan fingerprint density at radius 1 is 1.21 bits per heavy atom. The number of nitrogens with zero attached hydrogens (tertiary/aromatic N) is 2. The van der Waals surface area contributed by atoms with E-state index in [1.165, 1.54) is 6.07 Å². The van der Waals surface area contributed by atoms with Crippen molar-refractivity contribution < 1.29 is 23.1 Å². The van der Waals surface area contributed by atoms with Crippen LogP contribution in [-0.4, -0.2) is 28.0 Å². The molecule has 0 aliphatic rings. The topological polar surface area (TPSA) is 73.2 Å². The molecular formula is C23H24ClF2N3O3S. The number of rotatable bonds is 9. The number of ether oxygens (including phenoxy) is 1. The summed E-state index contributed by atoms with van der Waals surface area (Å²) in [5, 5.41) is 2.96. The molecule has 1 N–H and O–H groups in total. The highest BCUT2D eigenvalue weighted by molar-refractivity contribution is 7.19. The molecule has 0 bridgehead atoms. The monoisotopic (exact) mass is 495 g/mol. The molecule has 0 fully saturated rings. The van der Waals surface area contributed by atoms with Crippen molar-refractivity contribution >= 4 is 39.9 Å². The number of hydrogen-bond acceptors (Lipinski definition) is 5. The number of carbonyl (C=O) groups excluding carboxylic acids is 2. The van der Waals surface area contributed by atoms with Crippen molar-refractivity contribution in [3.8, 4) is 0 Å². The minimum absolute atomic E-state index is 0.0932. The van der Waals surface area contributed by atoms with Gasteiger partial charge in [0.05, 0.1) is 18.7 Å². The Kier molecular flexibility index (Phi) is 8.20. The first-order valence-electron chi connectivity index (χ1n) is 10.4. The van der Waals surface area contributed by atoms with E-state index in [0.29, 0.717) is 22.9 Å². The first-order chi connectivity index (χ1) is 15.7. The summed E-state index contributed by atoms with van der Waals surface area (Å²) in [6.07, 6.45) is 2.49. The second kappa shape index (κ2) is 10.9. The molecule has 0 unspecified atom stereocenters. The zero-order chi connectivity index (χ0) is 24.1. The molecule has 176 valence electrons. The van der Waals surface area contributed by atoms with Crippen LogP contribution in [0.1, 0.15) is 48.1 Å². The normalized spacial score (nSPS) is 11.1. The van der Waals surface area contributed by atoms with Crippen molar-refractivity contribution in [3.63, 3.8) is 0 Å². The molecule has 0 saturated carbocycles. The van der Waals surface area contributed by atoms with Crippen LogP contribution in [0, 0.1) is 17.6 Å². The van der Waals surface area contributed by atoms with Crippen LogP contribution in [-0.2, 0) is 28.9 Å². The van der Waals surface area contributed by atoms with Gasteiger partial charge in [0.1, 0.15) is 10.0 Å². The molecule has 3 rings (SSSR count). The molecule has 2 heterocycles. The van der Waals surface area contributed by atoms with Crippen molar-refractivity contribution in [1.29, 1.82) is 0 Å². The second-order valence-electron chi connectivity index (χ2n) is 7.88. The largest absolute Gasteiger partial charge is 0.466 e. The summed E-state index contributed by atoms with van der Waals surface area (Å²) in [5.41, 5.74) is 2.13. The highest BCUT2D eigenvalue weighted by atomic mass is 35.5. The van der Waals surface area contributed by atoms with Gasteiger partial charge in [-0.15, -0.1) is 0 Å². The predicted molar refractivity (Wildman–Crippen MR) is 124 cm³/mol. The first kappa shape index (κ1) is 24.9. The lowest BCUT2D eigenvalue weighted by Gasteiger charge is -2.09. The van der Waals surface area contributed by atoms with Crippen molar-refractivity contribution in [1.82, 2.24) is 9.55 Å². The van der Waals surface area contributed by atoms with Gasteiger partial charge in [0.15, 0.2) is 16.8 Å². The van der Waals surface area contributed by atoms with E-state index in [2.05, 4.69) is 24.1 Å². The fraction of sp³-hybridized carbons (Fsp3) is 0.348. The Balaban J connectivity index is 1.83. The van der Waals surface area contributed by atoms with Gasteiger partial charge in [0.25, 0.3) is 5.91 Å². The van der Waals surface area contributed by atoms with Crippen LogP contribution in [0.2, 0.25) is 4.34 Å². The molecule has 0 aliphatic carbocycles. The van der Waals surface area contributed by atoms with Gasteiger partial charge in [-0.2, -0.15) is 0 Å². The highest BCUT2D eigenvalue weighted by Gasteiger charge is 2.19. The van der Waals surface area contributed by atoms with Gasteiger partial charge in [-0.3, -0.25) is 14.9 Å². The van der Waals surface area contributed by atoms with Crippen LogP contribution in [0.5, 0.6) is 0 Å². The van der Waals surface area contributed by atoms with E-state index >= 15 is 0 Å². The minimum Gasteiger partial charge on any atom is -0.466 e. The molecular weight excluding hydrogens is 472 g/mol. The number of esters is 1. The molecule has 33 heavy (non-hydrogen) atoms. The molecule has 1 aromatic carbocycles. The van der Waals surface area contributed by atoms with E-state index in [1.807, 2.05) is 6.20 Å². The van der Waals surface area contributed by atoms with Gasteiger partial charge < -0.3 is 9.30 Å². The van der Waals surface area contributed by atoms with Crippen LogP contribution >= 0.6 is 22.9 Å². The molecule has 10 heteroatoms. The SMILES string of the molecule is CCOC(=O)Cc1nc(NC(=O)c2cc(CC(C)C)cn2Cc2ccc(F)c(F)c2)sc1Cl. The Morgan fingerprint density at radius 3 is 2.64 bits per heavy atom. The van der Waals surface area contributed by atoms with Crippen molar-refractivity contribution in [3.05, 3.63) is 68.9 Å². The average molecular weight is 496 g/mol. The molecule has 3 aromatic rings. The maximum absolute atomic E-state index is 13.7. The lowest BCUT2D eigenvalue weighted by atomic mass is 10.1. The Hall–Kier alpha value is -2.78. The van der Waals surface area contributed by atoms with Crippen molar-refractivity contribution in [2.45, 2.75) is 40.2 Å². The number of thiazole rings is 1. The number of carbonyl (C=O) groups is 2. The van der Waals surface area contributed by atoms with E-state index in [9.17, 15) is 18.4 Å². The lowest BCUT2D eigenvalue weighted by Crippen LogP contribution is -2.17. The predicted octanol–water partition coefficient (Wildman–Crippen LogP) is 5.48. The second-order valence-corrected chi connectivity index (χ2v) is 9.48. The van der Waals surface area contributed by atoms with E-state index in [-0.39, 0.29) is 29.0 Å². The third kappa shape index (κ3) is 6.61. The molecule has 0 radical (unpaired) electrons. The van der Waals surface area contributed by atoms with Gasteiger partial charge in [-0.05, 0) is 48.6 Å². The number of aromatic nitrogens is 2. The number of benzene rings is 1. The standard InChI is InChI=1S/C23H24ClF2N3O3S/c1-4-32-20(30)10-18-21(24)33-23(27-18)28-22(31)19-9-15(7-13(2)3)12-29(19)11-14-5-6-16(25)17(26)8-14/h5-6,8-9,12-13H,4,7,10-11H2,1-3H3,(H,27,28,31). The van der Waals surface area contributed by atoms with Crippen molar-refractivity contribution in [2.75, 3.05) is 11.9 Å². The summed E-state index contributed by atoms with van der Waals surface area (Å²) in [6, 6.07) is 5.42. The van der Waals surface area contributed by atoms with Crippen LogP contribution in [0.3, 0.4) is 0 Å². The minimum atomic E-state index is -0.945. The number of amides is 1. The summed E-state index contributed by atoms with van der Waals surface area (Å²) in [4.78, 5) is 29.0. The third-order valence-electron chi connectivity index (χ3n) is 4.65. The summed E-state index contributed by atoms with van der Waals surface area (Å²) in [6.45, 7) is 6.27. The molecule has 2 aromatic heterocycles. The Labute approximate surface area is 199 Å². The van der Waals surface area contributed by atoms with Crippen molar-refractivity contribution in [2.24, 2.45) is 5.92 Å². The molecule has 0 saturated heterocycles. The quantitative estimate of drug-likeness (QED) is 0.399.